The van der Waals surface area contributed by atoms with Gasteiger partial charge in [0.15, 0.2) is 5.96 Å². The molecule has 1 unspecified atom stereocenters. The number of guanidine groups is 1. The second-order valence-corrected chi connectivity index (χ2v) is 10.2. The molecule has 0 saturated carbocycles. The van der Waals surface area contributed by atoms with Gasteiger partial charge in [-0.3, -0.25) is 19.9 Å². The van der Waals surface area contributed by atoms with Crippen molar-refractivity contribution >= 4 is 29.5 Å². The molecule has 0 radical (unpaired) electrons. The molecule has 2 heterocycles. The molecule has 0 bridgehead atoms. The first-order valence-corrected chi connectivity index (χ1v) is 13.1. The summed E-state index contributed by atoms with van der Waals surface area (Å²) in [5, 5.41) is 11.7. The van der Waals surface area contributed by atoms with Crippen LogP contribution in [0.15, 0.2) is 35.2 Å². The van der Waals surface area contributed by atoms with Gasteiger partial charge in [-0.2, -0.15) is 0 Å². The van der Waals surface area contributed by atoms with E-state index >= 15 is 0 Å². The molecule has 6 nitrogen and oxygen atoms in total. The first-order valence-electron chi connectivity index (χ1n) is 12.1. The summed E-state index contributed by atoms with van der Waals surface area (Å²) in [6.07, 6.45) is 7.48. The molecule has 1 atom stereocenters. The SMILES string of the molecule is CCCCC1(CCCC)NC(=N)N(CCC2CCN(C(=O)CSc3ccccc3)C2)C1=O. The lowest BCUT2D eigenvalue weighted by atomic mass is 9.87. The highest BCUT2D eigenvalue weighted by Crippen LogP contribution is 2.30. The minimum atomic E-state index is -0.588. The fraction of sp³-hybridized carbons (Fsp3) is 0.640. The Morgan fingerprint density at radius 2 is 1.88 bits per heavy atom. The van der Waals surface area contributed by atoms with Gasteiger partial charge in [0.25, 0.3) is 5.91 Å². The van der Waals surface area contributed by atoms with Crippen molar-refractivity contribution < 1.29 is 9.59 Å². The van der Waals surface area contributed by atoms with E-state index in [4.69, 9.17) is 5.41 Å². The highest BCUT2D eigenvalue weighted by molar-refractivity contribution is 8.00. The molecule has 7 heteroatoms. The number of rotatable bonds is 12. The molecule has 2 N–H and O–H groups in total. The normalized spacial score (nSPS) is 20.1. The van der Waals surface area contributed by atoms with E-state index in [1.807, 2.05) is 35.2 Å². The monoisotopic (exact) mass is 458 g/mol. The summed E-state index contributed by atoms with van der Waals surface area (Å²) >= 11 is 1.58. The molecule has 2 fully saturated rings. The quantitative estimate of drug-likeness (QED) is 0.452. The second-order valence-electron chi connectivity index (χ2n) is 9.10. The van der Waals surface area contributed by atoms with Crippen molar-refractivity contribution in [2.24, 2.45) is 5.92 Å². The third-order valence-electron chi connectivity index (χ3n) is 6.70. The average Bonchev–Trinajstić information content (AvgIpc) is 3.37. The van der Waals surface area contributed by atoms with Crippen LogP contribution in [-0.4, -0.2) is 58.5 Å². The van der Waals surface area contributed by atoms with E-state index in [0.717, 1.165) is 69.4 Å². The maximum absolute atomic E-state index is 13.3. The number of likely N-dealkylation sites (tertiary alicyclic amines) is 1. The first kappa shape index (κ1) is 24.6. The molecule has 0 spiro atoms. The van der Waals surface area contributed by atoms with Crippen molar-refractivity contribution in [2.45, 2.75) is 75.6 Å². The van der Waals surface area contributed by atoms with Crippen LogP contribution in [0, 0.1) is 11.3 Å². The van der Waals surface area contributed by atoms with Gasteiger partial charge in [0.2, 0.25) is 5.91 Å². The van der Waals surface area contributed by atoms with Crippen molar-refractivity contribution in [3.05, 3.63) is 30.3 Å². The Bertz CT molecular complexity index is 777. The lowest BCUT2D eigenvalue weighted by Crippen LogP contribution is -2.47. The Balaban J connectivity index is 1.48. The minimum Gasteiger partial charge on any atom is -0.342 e. The van der Waals surface area contributed by atoms with Crippen LogP contribution in [0.3, 0.4) is 0 Å². The van der Waals surface area contributed by atoms with Gasteiger partial charge in [0.1, 0.15) is 5.54 Å². The van der Waals surface area contributed by atoms with Crippen LogP contribution in [0.2, 0.25) is 0 Å². The maximum Gasteiger partial charge on any atom is 0.255 e. The van der Waals surface area contributed by atoms with Crippen LogP contribution < -0.4 is 5.32 Å². The molecule has 1 aromatic carbocycles. The van der Waals surface area contributed by atoms with Gasteiger partial charge in [-0.05, 0) is 43.7 Å². The summed E-state index contributed by atoms with van der Waals surface area (Å²) in [6, 6.07) is 10.0. The summed E-state index contributed by atoms with van der Waals surface area (Å²) in [5.41, 5.74) is -0.588. The fourth-order valence-electron chi connectivity index (χ4n) is 4.70. The van der Waals surface area contributed by atoms with Crippen molar-refractivity contribution in [3.63, 3.8) is 0 Å². The standard InChI is InChI=1S/C25H38N4O2S/c1-3-5-14-25(15-6-4-2)23(31)29(24(26)27-25)17-13-20-12-16-28(18-20)22(30)19-32-21-10-8-7-9-11-21/h7-11,20H,3-6,12-19H2,1-2H3,(H2,26,27). The molecule has 3 rings (SSSR count). The molecule has 176 valence electrons. The number of hydrogen-bond acceptors (Lipinski definition) is 4. The van der Waals surface area contributed by atoms with Crippen molar-refractivity contribution in [1.82, 2.24) is 15.1 Å². The van der Waals surface area contributed by atoms with E-state index in [2.05, 4.69) is 19.2 Å². The Kier molecular flexibility index (Phi) is 9.02. The molecule has 2 amide bonds. The lowest BCUT2D eigenvalue weighted by molar-refractivity contribution is -0.132. The van der Waals surface area contributed by atoms with E-state index in [9.17, 15) is 9.59 Å². The molecule has 32 heavy (non-hydrogen) atoms. The zero-order valence-electron chi connectivity index (χ0n) is 19.6. The van der Waals surface area contributed by atoms with Gasteiger partial charge in [-0.15, -0.1) is 11.8 Å². The Hall–Kier alpha value is -2.02. The topological polar surface area (TPSA) is 76.5 Å². The zero-order valence-corrected chi connectivity index (χ0v) is 20.4. The van der Waals surface area contributed by atoms with Crippen LogP contribution >= 0.6 is 11.8 Å². The Morgan fingerprint density at radius 3 is 2.53 bits per heavy atom. The molecular weight excluding hydrogens is 420 g/mol. The number of carbonyl (C=O) groups is 2. The van der Waals surface area contributed by atoms with E-state index in [1.54, 1.807) is 16.7 Å². The van der Waals surface area contributed by atoms with Crippen molar-refractivity contribution in [1.29, 1.82) is 5.41 Å². The largest absolute Gasteiger partial charge is 0.342 e. The first-order chi connectivity index (χ1) is 15.5. The summed E-state index contributed by atoms with van der Waals surface area (Å²) in [7, 11) is 0. The molecule has 1 aromatic rings. The Morgan fingerprint density at radius 1 is 1.19 bits per heavy atom. The van der Waals surface area contributed by atoms with Crippen LogP contribution in [0.4, 0.5) is 0 Å². The number of nitrogens with zero attached hydrogens (tertiary/aromatic N) is 2. The van der Waals surface area contributed by atoms with Crippen molar-refractivity contribution in [2.75, 3.05) is 25.4 Å². The fourth-order valence-corrected chi connectivity index (χ4v) is 5.52. The van der Waals surface area contributed by atoms with Gasteiger partial charge in [-0.25, -0.2) is 0 Å². The molecule has 2 aliphatic heterocycles. The number of amides is 2. The number of unbranched alkanes of at least 4 members (excludes halogenated alkanes) is 2. The third-order valence-corrected chi connectivity index (χ3v) is 7.70. The summed E-state index contributed by atoms with van der Waals surface area (Å²) in [6.45, 7) is 6.40. The summed E-state index contributed by atoms with van der Waals surface area (Å²) in [4.78, 5) is 30.6. The van der Waals surface area contributed by atoms with Gasteiger partial charge < -0.3 is 10.2 Å². The number of thioether (sulfide) groups is 1. The average molecular weight is 459 g/mol. The highest BCUT2D eigenvalue weighted by atomic mass is 32.2. The number of hydrogen-bond donors (Lipinski definition) is 2. The van der Waals surface area contributed by atoms with Crippen LogP contribution in [-0.2, 0) is 9.59 Å². The molecule has 2 saturated heterocycles. The van der Waals surface area contributed by atoms with Gasteiger partial charge in [0.05, 0.1) is 5.75 Å². The number of nitrogens with one attached hydrogen (secondary N) is 2. The lowest BCUT2D eigenvalue weighted by Gasteiger charge is -2.27. The number of carbonyl (C=O) groups excluding carboxylic acids is 2. The smallest absolute Gasteiger partial charge is 0.255 e. The summed E-state index contributed by atoms with van der Waals surface area (Å²) < 4.78 is 0. The predicted molar refractivity (Wildman–Crippen MR) is 131 cm³/mol. The molecule has 0 aromatic heterocycles. The molecule has 0 aliphatic carbocycles. The van der Waals surface area contributed by atoms with Crippen LogP contribution in [0.5, 0.6) is 0 Å². The van der Waals surface area contributed by atoms with E-state index < -0.39 is 5.54 Å². The van der Waals surface area contributed by atoms with Gasteiger partial charge >= 0.3 is 0 Å². The van der Waals surface area contributed by atoms with Crippen molar-refractivity contribution in [3.8, 4) is 0 Å². The van der Waals surface area contributed by atoms with E-state index in [1.165, 1.54) is 0 Å². The summed E-state index contributed by atoms with van der Waals surface area (Å²) in [5.74, 6) is 1.38. The second kappa shape index (κ2) is 11.7. The Labute approximate surface area is 197 Å². The van der Waals surface area contributed by atoms with Gasteiger partial charge in [0, 0.05) is 24.5 Å². The highest BCUT2D eigenvalue weighted by Gasteiger charge is 2.48. The minimum absolute atomic E-state index is 0.0783. The van der Waals surface area contributed by atoms with Crippen LogP contribution in [0.1, 0.15) is 65.2 Å². The van der Waals surface area contributed by atoms with Gasteiger partial charge in [-0.1, -0.05) is 57.7 Å². The molecular formula is C25H38N4O2S. The molecule has 2 aliphatic rings. The van der Waals surface area contributed by atoms with E-state index in [-0.39, 0.29) is 17.8 Å². The third kappa shape index (κ3) is 6.06. The van der Waals surface area contributed by atoms with Crippen LogP contribution in [0.25, 0.3) is 0 Å². The predicted octanol–water partition coefficient (Wildman–Crippen LogP) is 4.50. The van der Waals surface area contributed by atoms with E-state index in [0.29, 0.717) is 18.2 Å². The maximum atomic E-state index is 13.3. The number of benzene rings is 1. The zero-order chi connectivity index (χ0) is 23.0.